The first-order valence-electron chi connectivity index (χ1n) is 8.91. The quantitative estimate of drug-likeness (QED) is 0.178. The summed E-state index contributed by atoms with van der Waals surface area (Å²) >= 11 is 0. The number of hydrogen-bond donors (Lipinski definition) is 5. The van der Waals surface area contributed by atoms with Crippen molar-refractivity contribution in [1.82, 2.24) is 20.4 Å². The predicted octanol–water partition coefficient (Wildman–Crippen LogP) is -5.18. The average Bonchev–Trinajstić information content (AvgIpc) is 2.69. The second kappa shape index (κ2) is 14.4. The summed E-state index contributed by atoms with van der Waals surface area (Å²) in [7, 11) is 10.6. The third kappa shape index (κ3) is 10.5. The van der Waals surface area contributed by atoms with E-state index in [2.05, 4.69) is 10.6 Å². The Labute approximate surface area is 172 Å². The molecule has 0 aliphatic heterocycles. The van der Waals surface area contributed by atoms with Gasteiger partial charge in [-0.1, -0.05) is 0 Å². The van der Waals surface area contributed by atoms with Gasteiger partial charge in [-0.2, -0.15) is 0 Å². The van der Waals surface area contributed by atoms with Crippen LogP contribution in [-0.2, 0) is 24.0 Å². The summed E-state index contributed by atoms with van der Waals surface area (Å²) in [6.07, 6.45) is -0.608. The lowest BCUT2D eigenvalue weighted by atomic mass is 10.0. The van der Waals surface area contributed by atoms with Gasteiger partial charge in [0.15, 0.2) is 0 Å². The molecule has 0 aliphatic rings. The summed E-state index contributed by atoms with van der Waals surface area (Å²) in [6.45, 7) is -0.521. The fourth-order valence-corrected chi connectivity index (χ4v) is 2.22. The van der Waals surface area contributed by atoms with Crippen molar-refractivity contribution in [3.63, 3.8) is 0 Å². The largest absolute Gasteiger partial charge is 0.368 e. The molecule has 0 spiro atoms. The average molecular weight is 407 g/mol. The Hall–Kier alpha value is -2.60. The number of carbonyl (C=O) groups excluding carboxylic acids is 5. The van der Waals surface area contributed by atoms with E-state index in [0.717, 1.165) is 4.90 Å². The first kappa shape index (κ1) is 26.4. The molecular weight excluding hydrogens is 380 g/mol. The molecular formula is C15H27B2N7O5. The highest BCUT2D eigenvalue weighted by Crippen LogP contribution is 1.95. The lowest BCUT2D eigenvalue weighted by Crippen LogP contribution is -2.52. The second-order valence-corrected chi connectivity index (χ2v) is 5.94. The number of amides is 5. The van der Waals surface area contributed by atoms with Crippen LogP contribution >= 0.6 is 0 Å². The molecule has 14 heteroatoms. The molecule has 4 radical (unpaired) electrons. The van der Waals surface area contributed by atoms with E-state index in [-0.39, 0.29) is 51.9 Å². The molecule has 1 atom stereocenters. The Morgan fingerprint density at radius 2 is 1.38 bits per heavy atom. The molecule has 12 nitrogen and oxygen atoms in total. The Bertz CT molecular complexity index is 593. The lowest BCUT2D eigenvalue weighted by molar-refractivity contribution is -0.135. The molecule has 8 N–H and O–H groups in total. The van der Waals surface area contributed by atoms with Gasteiger partial charge in [0.1, 0.15) is 6.04 Å². The van der Waals surface area contributed by atoms with Gasteiger partial charge in [-0.3, -0.25) is 24.0 Å². The molecule has 29 heavy (non-hydrogen) atoms. The number of rotatable bonds is 14. The highest BCUT2D eigenvalue weighted by atomic mass is 16.2. The number of carbonyl (C=O) groups is 5. The van der Waals surface area contributed by atoms with Crippen molar-refractivity contribution in [3.8, 4) is 0 Å². The number of nitrogens with two attached hydrogens (primary N) is 3. The Morgan fingerprint density at radius 3 is 1.83 bits per heavy atom. The maximum atomic E-state index is 12.0. The van der Waals surface area contributed by atoms with E-state index in [4.69, 9.17) is 32.9 Å². The zero-order chi connectivity index (χ0) is 22.4. The molecule has 0 aromatic heterocycles. The van der Waals surface area contributed by atoms with E-state index in [1.54, 1.807) is 0 Å². The van der Waals surface area contributed by atoms with Gasteiger partial charge in [0.2, 0.25) is 29.5 Å². The van der Waals surface area contributed by atoms with Crippen LogP contribution in [0.5, 0.6) is 0 Å². The highest BCUT2D eigenvalue weighted by Gasteiger charge is 2.20. The van der Waals surface area contributed by atoms with E-state index < -0.39 is 42.1 Å². The van der Waals surface area contributed by atoms with E-state index in [1.165, 1.54) is 4.90 Å². The van der Waals surface area contributed by atoms with Crippen LogP contribution in [0.25, 0.3) is 0 Å². The van der Waals surface area contributed by atoms with Crippen molar-refractivity contribution in [1.29, 1.82) is 0 Å². The van der Waals surface area contributed by atoms with Gasteiger partial charge in [-0.05, 0) is 12.6 Å². The van der Waals surface area contributed by atoms with Crippen molar-refractivity contribution in [2.24, 2.45) is 17.2 Å². The maximum absolute atomic E-state index is 12.0. The molecule has 0 bridgehead atoms. The number of hydrogen-bond acceptors (Lipinski definition) is 7. The summed E-state index contributed by atoms with van der Waals surface area (Å²) in [5.41, 5.74) is 15.8. The number of nitrogens with zero attached hydrogens (tertiary/aromatic N) is 2. The Morgan fingerprint density at radius 1 is 0.862 bits per heavy atom. The van der Waals surface area contributed by atoms with Crippen LogP contribution in [-0.4, -0.2) is 107 Å². The van der Waals surface area contributed by atoms with Crippen molar-refractivity contribution >= 4 is 45.2 Å². The van der Waals surface area contributed by atoms with Crippen LogP contribution in [0.1, 0.15) is 0 Å². The standard InChI is InChI=1S/C15H27B2N7O5/c16-5-13(27)23(3-1-18)8-11(25)21-2-4-24(14(28)6-17)9-12(26)22-10(7-19)15(20)29/h10H,1-9,18-19H2,(H2,20,29)(H,21,25)(H,22,26). The number of nitrogens with one attached hydrogen (secondary N) is 2. The summed E-state index contributed by atoms with van der Waals surface area (Å²) in [5, 5.41) is 4.83. The Kier molecular flexibility index (Phi) is 13.1. The normalized spacial score (nSPS) is 11.2. The predicted molar refractivity (Wildman–Crippen MR) is 107 cm³/mol. The summed E-state index contributed by atoms with van der Waals surface area (Å²) in [5.74, 6) is -2.91. The second-order valence-electron chi connectivity index (χ2n) is 5.94. The van der Waals surface area contributed by atoms with Gasteiger partial charge >= 0.3 is 0 Å². The van der Waals surface area contributed by atoms with Gasteiger partial charge in [-0.25, -0.2) is 0 Å². The minimum atomic E-state index is -1.06. The molecule has 0 aliphatic carbocycles. The molecule has 158 valence electrons. The molecule has 1 unspecified atom stereocenters. The molecule has 0 saturated heterocycles. The monoisotopic (exact) mass is 407 g/mol. The van der Waals surface area contributed by atoms with E-state index >= 15 is 0 Å². The molecule has 0 saturated carbocycles. The SMILES string of the molecule is [B]CC(=O)N(CCN)CC(=O)NCCN(CC(=O)NC(CN)C(N)=O)C(=O)C[B]. The van der Waals surface area contributed by atoms with Gasteiger partial charge < -0.3 is 37.6 Å². The molecule has 0 fully saturated rings. The van der Waals surface area contributed by atoms with E-state index in [0.29, 0.717) is 0 Å². The van der Waals surface area contributed by atoms with Crippen molar-refractivity contribution in [3.05, 3.63) is 0 Å². The van der Waals surface area contributed by atoms with Crippen molar-refractivity contribution < 1.29 is 24.0 Å². The molecule has 0 rings (SSSR count). The minimum absolute atomic E-state index is 0.00126. The zero-order valence-corrected chi connectivity index (χ0v) is 16.3. The molecule has 5 amide bonds. The van der Waals surface area contributed by atoms with Crippen molar-refractivity contribution in [2.75, 3.05) is 45.8 Å². The molecule has 0 aromatic rings. The summed E-state index contributed by atoms with van der Waals surface area (Å²) in [6, 6.07) is -1.06. The van der Waals surface area contributed by atoms with E-state index in [9.17, 15) is 24.0 Å². The fourth-order valence-electron chi connectivity index (χ4n) is 2.22. The maximum Gasteiger partial charge on any atom is 0.241 e. The van der Waals surface area contributed by atoms with Crippen molar-refractivity contribution in [2.45, 2.75) is 18.7 Å². The van der Waals surface area contributed by atoms with E-state index in [1.807, 2.05) is 0 Å². The molecule has 0 heterocycles. The first-order chi connectivity index (χ1) is 13.7. The summed E-state index contributed by atoms with van der Waals surface area (Å²) < 4.78 is 0. The van der Waals surface area contributed by atoms with Gasteiger partial charge in [0.25, 0.3) is 0 Å². The van der Waals surface area contributed by atoms with Crippen LogP contribution in [0.15, 0.2) is 0 Å². The van der Waals surface area contributed by atoms with Crippen LogP contribution < -0.4 is 27.8 Å². The fraction of sp³-hybridized carbons (Fsp3) is 0.667. The number of primary amides is 1. The van der Waals surface area contributed by atoms with Crippen LogP contribution in [0.4, 0.5) is 0 Å². The smallest absolute Gasteiger partial charge is 0.241 e. The van der Waals surface area contributed by atoms with Gasteiger partial charge in [0.05, 0.1) is 28.8 Å². The lowest BCUT2D eigenvalue weighted by Gasteiger charge is -2.24. The first-order valence-corrected chi connectivity index (χ1v) is 8.91. The summed E-state index contributed by atoms with van der Waals surface area (Å²) in [4.78, 5) is 61.0. The van der Waals surface area contributed by atoms with Crippen LogP contribution in [0.2, 0.25) is 12.6 Å². The van der Waals surface area contributed by atoms with Gasteiger partial charge in [0, 0.05) is 32.7 Å². The third-order valence-corrected chi connectivity index (χ3v) is 3.74. The van der Waals surface area contributed by atoms with Crippen LogP contribution in [0.3, 0.4) is 0 Å². The minimum Gasteiger partial charge on any atom is -0.368 e. The highest BCUT2D eigenvalue weighted by molar-refractivity contribution is 6.20. The van der Waals surface area contributed by atoms with Gasteiger partial charge in [-0.15, -0.1) is 0 Å². The third-order valence-electron chi connectivity index (χ3n) is 3.74. The van der Waals surface area contributed by atoms with Crippen LogP contribution in [0, 0.1) is 0 Å². The molecule has 0 aromatic carbocycles. The topological polar surface area (TPSA) is 194 Å². The zero-order valence-electron chi connectivity index (χ0n) is 16.3. The Balaban J connectivity index is 4.67.